The predicted octanol–water partition coefficient (Wildman–Crippen LogP) is 8.54. The van der Waals surface area contributed by atoms with E-state index >= 15 is 0 Å². The molecule has 0 saturated carbocycles. The molecule has 0 aromatic carbocycles. The van der Waals surface area contributed by atoms with Crippen LogP contribution in [0.5, 0.6) is 0 Å². The minimum Gasteiger partial charge on any atom is -0.417 e. The van der Waals surface area contributed by atoms with Gasteiger partial charge in [0.2, 0.25) is 0 Å². The van der Waals surface area contributed by atoms with Crippen LogP contribution in [0.1, 0.15) is 99.3 Å². The summed E-state index contributed by atoms with van der Waals surface area (Å²) in [4.78, 5) is 0. The van der Waals surface area contributed by atoms with Gasteiger partial charge in [0, 0.05) is 13.2 Å². The van der Waals surface area contributed by atoms with Gasteiger partial charge in [0.15, 0.2) is 16.6 Å². The summed E-state index contributed by atoms with van der Waals surface area (Å²) < 4.78 is 13.2. The monoisotopic (exact) mass is 416 g/mol. The Morgan fingerprint density at radius 3 is 0.889 bits per heavy atom. The van der Waals surface area contributed by atoms with E-state index in [1.807, 2.05) is 0 Å². The Balaban J connectivity index is 5.06. The molecule has 0 aromatic rings. The van der Waals surface area contributed by atoms with E-state index in [2.05, 4.69) is 41.5 Å². The van der Waals surface area contributed by atoms with Crippen molar-refractivity contribution >= 4 is 16.6 Å². The molecule has 0 fully saturated rings. The van der Waals surface area contributed by atoms with E-state index in [9.17, 15) is 0 Å². The van der Waals surface area contributed by atoms with E-state index in [1.54, 1.807) is 0 Å². The molecule has 0 radical (unpaired) electrons. The van der Waals surface area contributed by atoms with Crippen LogP contribution in [0.3, 0.4) is 0 Å². The molecular weight excluding hydrogens is 364 g/mol. The summed E-state index contributed by atoms with van der Waals surface area (Å²) in [5.74, 6) is 0. The third-order valence-corrected chi connectivity index (χ3v) is 15.5. The highest BCUT2D eigenvalue weighted by Crippen LogP contribution is 2.34. The Kier molecular flexibility index (Phi) is 17.5. The topological polar surface area (TPSA) is 18.5 Å². The number of hydrogen-bond donors (Lipinski definition) is 0. The van der Waals surface area contributed by atoms with Gasteiger partial charge in [-0.2, -0.15) is 0 Å². The molecule has 0 aliphatic heterocycles. The summed E-state index contributed by atoms with van der Waals surface area (Å²) in [5, 5.41) is 0. The molecule has 0 bridgehead atoms. The maximum Gasteiger partial charge on any atom is 0.192 e. The van der Waals surface area contributed by atoms with Crippen molar-refractivity contribution in [2.24, 2.45) is 0 Å². The molecule has 4 heteroatoms. The van der Waals surface area contributed by atoms with Crippen molar-refractivity contribution in [3.05, 3.63) is 0 Å². The van der Waals surface area contributed by atoms with Crippen LogP contribution >= 0.6 is 0 Å². The molecule has 0 aromatic heterocycles. The first-order valence-electron chi connectivity index (χ1n) is 12.3. The molecule has 0 unspecified atom stereocenters. The molecule has 0 spiro atoms. The molecule has 0 N–H and O–H groups in total. The fraction of sp³-hybridized carbons (Fsp3) is 1.00. The Bertz CT molecular complexity index is 278. The first-order valence-corrected chi connectivity index (χ1v) is 17.4. The largest absolute Gasteiger partial charge is 0.417 e. The average Bonchev–Trinajstić information content (AvgIpc) is 2.67. The summed E-state index contributed by atoms with van der Waals surface area (Å²) >= 11 is 0. The highest BCUT2D eigenvalue weighted by molar-refractivity contribution is 6.75. The third-order valence-electron chi connectivity index (χ3n) is 6.11. The van der Waals surface area contributed by atoms with E-state index < -0.39 is 16.6 Å². The minimum absolute atomic E-state index is 0.916. The van der Waals surface area contributed by atoms with Gasteiger partial charge in [-0.05, 0) is 50.1 Å². The summed E-state index contributed by atoms with van der Waals surface area (Å²) in [7, 11) is -3.11. The predicted molar refractivity (Wildman–Crippen MR) is 128 cm³/mol. The lowest BCUT2D eigenvalue weighted by atomic mass is 10.4. The summed E-state index contributed by atoms with van der Waals surface area (Å²) in [6.45, 7) is 15.6. The lowest BCUT2D eigenvalue weighted by Gasteiger charge is -2.35. The molecular formula is C23H52O2Si2. The SMILES string of the molecule is CCCC[Si](CCCC)(CCC[Si](CCCC)(CCCC)OCC)OCC. The quantitative estimate of drug-likeness (QED) is 0.185. The molecule has 164 valence electrons. The van der Waals surface area contributed by atoms with Crippen molar-refractivity contribution in [2.75, 3.05) is 13.2 Å². The lowest BCUT2D eigenvalue weighted by Crippen LogP contribution is -2.41. The normalized spacial score (nSPS) is 12.7. The first-order chi connectivity index (χ1) is 13.1. The van der Waals surface area contributed by atoms with Crippen LogP contribution in [-0.2, 0) is 8.85 Å². The van der Waals surface area contributed by atoms with Gasteiger partial charge in [-0.1, -0.05) is 85.5 Å². The Hall–Kier alpha value is 0.354. The first kappa shape index (κ1) is 27.4. The number of rotatable bonds is 20. The van der Waals surface area contributed by atoms with E-state index in [1.165, 1.54) is 94.1 Å². The maximum atomic E-state index is 6.58. The van der Waals surface area contributed by atoms with Crippen molar-refractivity contribution in [3.63, 3.8) is 0 Å². The average molecular weight is 417 g/mol. The second kappa shape index (κ2) is 17.2. The molecule has 0 aliphatic carbocycles. The van der Waals surface area contributed by atoms with Crippen molar-refractivity contribution < 1.29 is 8.85 Å². The lowest BCUT2D eigenvalue weighted by molar-refractivity contribution is 0.309. The second-order valence-electron chi connectivity index (χ2n) is 8.50. The van der Waals surface area contributed by atoms with E-state index in [-0.39, 0.29) is 0 Å². The van der Waals surface area contributed by atoms with Gasteiger partial charge in [0.1, 0.15) is 0 Å². The molecule has 0 rings (SSSR count). The van der Waals surface area contributed by atoms with Crippen LogP contribution in [0.2, 0.25) is 36.3 Å². The fourth-order valence-electron chi connectivity index (χ4n) is 4.52. The van der Waals surface area contributed by atoms with E-state index in [4.69, 9.17) is 8.85 Å². The smallest absolute Gasteiger partial charge is 0.192 e. The Morgan fingerprint density at radius 2 is 0.667 bits per heavy atom. The molecule has 0 aliphatic rings. The zero-order valence-electron chi connectivity index (χ0n) is 19.8. The van der Waals surface area contributed by atoms with Gasteiger partial charge in [-0.15, -0.1) is 0 Å². The molecule has 0 heterocycles. The highest BCUT2D eigenvalue weighted by Gasteiger charge is 2.37. The van der Waals surface area contributed by atoms with E-state index in [0.29, 0.717) is 0 Å². The van der Waals surface area contributed by atoms with Gasteiger partial charge in [0.05, 0.1) is 0 Å². The Morgan fingerprint density at radius 1 is 0.407 bits per heavy atom. The summed E-state index contributed by atoms with van der Waals surface area (Å²) in [5.41, 5.74) is 0. The van der Waals surface area contributed by atoms with Crippen LogP contribution in [-0.4, -0.2) is 29.8 Å². The third kappa shape index (κ3) is 11.8. The molecule has 27 heavy (non-hydrogen) atoms. The number of hydrogen-bond acceptors (Lipinski definition) is 2. The number of unbranched alkanes of at least 4 members (excludes halogenated alkanes) is 4. The van der Waals surface area contributed by atoms with Crippen LogP contribution in [0.15, 0.2) is 0 Å². The highest BCUT2D eigenvalue weighted by atomic mass is 28.4. The maximum absolute atomic E-state index is 6.58. The van der Waals surface area contributed by atoms with Crippen molar-refractivity contribution in [3.8, 4) is 0 Å². The summed E-state index contributed by atoms with van der Waals surface area (Å²) in [6.07, 6.45) is 12.0. The van der Waals surface area contributed by atoms with Crippen molar-refractivity contribution in [1.29, 1.82) is 0 Å². The van der Waals surface area contributed by atoms with Gasteiger partial charge < -0.3 is 8.85 Å². The summed E-state index contributed by atoms with van der Waals surface area (Å²) in [6, 6.07) is 8.27. The molecule has 0 amide bonds. The molecule has 0 saturated heterocycles. The van der Waals surface area contributed by atoms with Crippen molar-refractivity contribution in [2.45, 2.75) is 136 Å². The van der Waals surface area contributed by atoms with Gasteiger partial charge >= 0.3 is 0 Å². The zero-order chi connectivity index (χ0) is 20.4. The molecule has 0 atom stereocenters. The van der Waals surface area contributed by atoms with Crippen LogP contribution < -0.4 is 0 Å². The fourth-order valence-corrected chi connectivity index (χ4v) is 14.1. The standard InChI is InChI=1S/C23H52O2Si2/c1-7-13-18-26(24-11-5,19-14-8-2)22-17-23-27(25-12-6,20-15-9-3)21-16-10-4/h7-23H2,1-6H3. The van der Waals surface area contributed by atoms with Gasteiger partial charge in [-0.25, -0.2) is 0 Å². The van der Waals surface area contributed by atoms with Crippen LogP contribution in [0, 0.1) is 0 Å². The zero-order valence-corrected chi connectivity index (χ0v) is 21.8. The minimum atomic E-state index is -1.56. The second-order valence-corrected chi connectivity index (χ2v) is 16.8. The van der Waals surface area contributed by atoms with E-state index in [0.717, 1.165) is 13.2 Å². The van der Waals surface area contributed by atoms with Gasteiger partial charge in [-0.3, -0.25) is 0 Å². The van der Waals surface area contributed by atoms with Crippen LogP contribution in [0.4, 0.5) is 0 Å². The van der Waals surface area contributed by atoms with Crippen LogP contribution in [0.25, 0.3) is 0 Å². The molecule has 2 nitrogen and oxygen atoms in total. The Labute approximate surface area is 174 Å². The van der Waals surface area contributed by atoms with Crippen molar-refractivity contribution in [1.82, 2.24) is 0 Å². The van der Waals surface area contributed by atoms with Gasteiger partial charge in [0.25, 0.3) is 0 Å².